The molecule has 0 amide bonds. The van der Waals surface area contributed by atoms with Crippen LogP contribution >= 0.6 is 15.9 Å². The first-order valence-corrected chi connectivity index (χ1v) is 5.61. The number of aromatic nitrogens is 1. The zero-order valence-corrected chi connectivity index (χ0v) is 10.8. The second-order valence-corrected chi connectivity index (χ2v) is 4.43. The van der Waals surface area contributed by atoms with Gasteiger partial charge in [-0.25, -0.2) is 0 Å². The maximum absolute atomic E-state index is 10.9. The van der Waals surface area contributed by atoms with E-state index in [1.165, 1.54) is 13.2 Å². The fourth-order valence-corrected chi connectivity index (χ4v) is 2.17. The van der Waals surface area contributed by atoms with Crippen LogP contribution < -0.4 is 4.74 Å². The highest BCUT2D eigenvalue weighted by atomic mass is 79.9. The topological polar surface area (TPSA) is 65.3 Å². The van der Waals surface area contributed by atoms with Gasteiger partial charge >= 0.3 is 5.69 Å². The van der Waals surface area contributed by atoms with E-state index in [1.54, 1.807) is 6.20 Å². The van der Waals surface area contributed by atoms with Crippen LogP contribution in [0.15, 0.2) is 22.8 Å². The lowest BCUT2D eigenvalue weighted by molar-refractivity contribution is -0.385. The van der Waals surface area contributed by atoms with E-state index in [2.05, 4.69) is 20.9 Å². The summed E-state index contributed by atoms with van der Waals surface area (Å²) in [5.41, 5.74) is 1.37. The van der Waals surface area contributed by atoms with Gasteiger partial charge in [-0.15, -0.1) is 0 Å². The molecule has 2 rings (SSSR count). The Bertz CT molecular complexity index is 613. The van der Waals surface area contributed by atoms with E-state index in [4.69, 9.17) is 4.74 Å². The van der Waals surface area contributed by atoms with Gasteiger partial charge in [0, 0.05) is 22.1 Å². The van der Waals surface area contributed by atoms with Crippen molar-refractivity contribution in [1.82, 2.24) is 4.98 Å². The first-order chi connectivity index (χ1) is 8.04. The van der Waals surface area contributed by atoms with Gasteiger partial charge in [0.1, 0.15) is 5.52 Å². The average molecular weight is 297 g/mol. The molecule has 5 nitrogen and oxygen atoms in total. The van der Waals surface area contributed by atoms with Crippen molar-refractivity contribution in [3.05, 3.63) is 38.5 Å². The lowest BCUT2D eigenvalue weighted by atomic mass is 10.1. The van der Waals surface area contributed by atoms with Crippen LogP contribution in [0.1, 0.15) is 5.56 Å². The van der Waals surface area contributed by atoms with Crippen molar-refractivity contribution in [3.8, 4) is 5.75 Å². The zero-order valence-electron chi connectivity index (χ0n) is 9.23. The van der Waals surface area contributed by atoms with Gasteiger partial charge in [0.15, 0.2) is 0 Å². The summed E-state index contributed by atoms with van der Waals surface area (Å²) in [6.45, 7) is 1.91. The number of nitro groups is 1. The maximum atomic E-state index is 10.9. The third kappa shape index (κ3) is 1.95. The van der Waals surface area contributed by atoms with Crippen LogP contribution in [-0.2, 0) is 0 Å². The summed E-state index contributed by atoms with van der Waals surface area (Å²) in [5, 5.41) is 11.7. The molecule has 0 aliphatic rings. The number of hydrogen-bond donors (Lipinski definition) is 0. The quantitative estimate of drug-likeness (QED) is 0.630. The summed E-state index contributed by atoms with van der Waals surface area (Å²) in [6.07, 6.45) is 1.65. The summed E-state index contributed by atoms with van der Waals surface area (Å²) in [5.74, 6) is 0.188. The Kier molecular flexibility index (Phi) is 2.97. The second-order valence-electron chi connectivity index (χ2n) is 3.58. The van der Waals surface area contributed by atoms with Crippen LogP contribution in [0.5, 0.6) is 5.75 Å². The molecule has 6 heteroatoms. The van der Waals surface area contributed by atoms with Crippen molar-refractivity contribution >= 4 is 32.5 Å². The highest BCUT2D eigenvalue weighted by Crippen LogP contribution is 2.38. The number of nitro benzene ring substituents is 1. The van der Waals surface area contributed by atoms with Gasteiger partial charge in [0.2, 0.25) is 5.75 Å². The summed E-state index contributed by atoms with van der Waals surface area (Å²) in [7, 11) is 1.40. The largest absolute Gasteiger partial charge is 0.489 e. The van der Waals surface area contributed by atoms with Gasteiger partial charge in [-0.1, -0.05) is 0 Å². The molecule has 0 saturated carbocycles. The van der Waals surface area contributed by atoms with Crippen LogP contribution in [0.25, 0.3) is 10.9 Å². The predicted molar refractivity (Wildman–Crippen MR) is 67.4 cm³/mol. The van der Waals surface area contributed by atoms with E-state index in [0.717, 1.165) is 10.9 Å². The molecule has 1 aromatic heterocycles. The molecule has 2 aromatic rings. The van der Waals surface area contributed by atoms with Crippen LogP contribution in [-0.4, -0.2) is 17.0 Å². The Morgan fingerprint density at radius 1 is 1.47 bits per heavy atom. The molecule has 0 radical (unpaired) electrons. The van der Waals surface area contributed by atoms with Gasteiger partial charge in [-0.3, -0.25) is 15.1 Å². The summed E-state index contributed by atoms with van der Waals surface area (Å²) in [6, 6.07) is 3.33. The van der Waals surface area contributed by atoms with Crippen LogP contribution in [0.4, 0.5) is 5.69 Å². The Labute approximate surface area is 106 Å². The normalized spacial score (nSPS) is 10.5. The number of ether oxygens (including phenoxy) is 1. The lowest BCUT2D eigenvalue weighted by Crippen LogP contribution is -1.96. The standard InChI is InChI=1S/C11H9BrN2O3/c1-6-3-7-8(12)4-9(14(15)16)11(17-2)10(7)13-5-6/h3-5H,1-2H3. The summed E-state index contributed by atoms with van der Waals surface area (Å²) >= 11 is 3.31. The maximum Gasteiger partial charge on any atom is 0.314 e. The van der Waals surface area contributed by atoms with Crippen molar-refractivity contribution in [1.29, 1.82) is 0 Å². The number of benzene rings is 1. The average Bonchev–Trinajstić information content (AvgIpc) is 2.29. The van der Waals surface area contributed by atoms with Crippen molar-refractivity contribution in [2.75, 3.05) is 7.11 Å². The summed E-state index contributed by atoms with van der Waals surface area (Å²) < 4.78 is 5.73. The molecule has 0 saturated heterocycles. The molecule has 0 unspecified atom stereocenters. The fraction of sp³-hybridized carbons (Fsp3) is 0.182. The molecule has 88 valence electrons. The molecule has 0 N–H and O–H groups in total. The fourth-order valence-electron chi connectivity index (χ4n) is 1.65. The lowest BCUT2D eigenvalue weighted by Gasteiger charge is -2.07. The third-order valence-corrected chi connectivity index (χ3v) is 3.05. The van der Waals surface area contributed by atoms with E-state index in [0.29, 0.717) is 9.99 Å². The molecule has 0 spiro atoms. The number of pyridine rings is 1. The highest BCUT2D eigenvalue weighted by molar-refractivity contribution is 9.10. The number of methoxy groups -OCH3 is 1. The predicted octanol–water partition coefficient (Wildman–Crippen LogP) is 3.22. The smallest absolute Gasteiger partial charge is 0.314 e. The zero-order chi connectivity index (χ0) is 12.6. The minimum absolute atomic E-state index is 0.0942. The van der Waals surface area contributed by atoms with Crippen molar-refractivity contribution in [2.45, 2.75) is 6.92 Å². The van der Waals surface area contributed by atoms with Crippen molar-refractivity contribution in [3.63, 3.8) is 0 Å². The first-order valence-electron chi connectivity index (χ1n) is 4.82. The molecule has 0 aliphatic carbocycles. The minimum Gasteiger partial charge on any atom is -0.489 e. The van der Waals surface area contributed by atoms with E-state index in [-0.39, 0.29) is 11.4 Å². The molecular formula is C11H9BrN2O3. The van der Waals surface area contributed by atoms with E-state index >= 15 is 0 Å². The van der Waals surface area contributed by atoms with E-state index < -0.39 is 4.92 Å². The van der Waals surface area contributed by atoms with Crippen LogP contribution in [0.3, 0.4) is 0 Å². The molecule has 17 heavy (non-hydrogen) atoms. The highest BCUT2D eigenvalue weighted by Gasteiger charge is 2.21. The number of hydrogen-bond acceptors (Lipinski definition) is 4. The van der Waals surface area contributed by atoms with Crippen molar-refractivity contribution < 1.29 is 9.66 Å². The molecule has 1 aromatic carbocycles. The number of aryl methyl sites for hydroxylation is 1. The van der Waals surface area contributed by atoms with Gasteiger partial charge in [0.05, 0.1) is 12.0 Å². The van der Waals surface area contributed by atoms with Gasteiger partial charge in [0.25, 0.3) is 0 Å². The molecule has 0 aliphatic heterocycles. The SMILES string of the molecule is COc1c([N+](=O)[O-])cc(Br)c2cc(C)cnc12. The number of halogens is 1. The summed E-state index contributed by atoms with van der Waals surface area (Å²) in [4.78, 5) is 14.6. The van der Waals surface area contributed by atoms with E-state index in [1.807, 2.05) is 13.0 Å². The number of nitrogens with zero attached hydrogens (tertiary/aromatic N) is 2. The number of rotatable bonds is 2. The first kappa shape index (κ1) is 11.8. The molecule has 0 fully saturated rings. The molecular weight excluding hydrogens is 288 g/mol. The second kappa shape index (κ2) is 4.29. The van der Waals surface area contributed by atoms with Crippen LogP contribution in [0.2, 0.25) is 0 Å². The Morgan fingerprint density at radius 2 is 2.18 bits per heavy atom. The van der Waals surface area contributed by atoms with Gasteiger partial charge in [-0.05, 0) is 34.5 Å². The molecule has 1 heterocycles. The molecule has 0 atom stereocenters. The monoisotopic (exact) mass is 296 g/mol. The number of fused-ring (bicyclic) bond motifs is 1. The minimum atomic E-state index is -0.482. The Balaban J connectivity index is 2.90. The Morgan fingerprint density at radius 3 is 2.76 bits per heavy atom. The van der Waals surface area contributed by atoms with E-state index in [9.17, 15) is 10.1 Å². The Hall–Kier alpha value is -1.69. The third-order valence-electron chi connectivity index (χ3n) is 2.39. The molecule has 0 bridgehead atoms. The van der Waals surface area contributed by atoms with Gasteiger partial charge in [-0.2, -0.15) is 0 Å². The van der Waals surface area contributed by atoms with Crippen LogP contribution in [0, 0.1) is 17.0 Å². The van der Waals surface area contributed by atoms with Gasteiger partial charge < -0.3 is 4.74 Å². The van der Waals surface area contributed by atoms with Crippen molar-refractivity contribution in [2.24, 2.45) is 0 Å².